The highest BCUT2D eigenvalue weighted by atomic mass is 32.2. The predicted molar refractivity (Wildman–Crippen MR) is 56.0 cm³/mol. The molecule has 0 aromatic heterocycles. The van der Waals surface area contributed by atoms with E-state index in [2.05, 4.69) is 0 Å². The average Bonchev–Trinajstić information content (AvgIpc) is 2.26. The molecule has 3 atom stereocenters. The van der Waals surface area contributed by atoms with Gasteiger partial charge in [-0.3, -0.25) is 4.79 Å². The molecule has 0 spiro atoms. The van der Waals surface area contributed by atoms with Gasteiger partial charge in [0.05, 0.1) is 0 Å². The molecule has 0 saturated carbocycles. The van der Waals surface area contributed by atoms with Crippen LogP contribution in [-0.4, -0.2) is 39.3 Å². The molecule has 17 heavy (non-hydrogen) atoms. The molecular weight excluding hydrogens is 254 g/mol. The third-order valence-corrected chi connectivity index (χ3v) is 3.78. The molecule has 1 fully saturated rings. The lowest BCUT2D eigenvalue weighted by molar-refractivity contribution is -0.157. The maximum absolute atomic E-state index is 12.2. The van der Waals surface area contributed by atoms with E-state index in [1.54, 1.807) is 0 Å². The Bertz CT molecular complexity index is 448. The van der Waals surface area contributed by atoms with Gasteiger partial charge < -0.3 is 15.7 Å². The normalized spacial score (nSPS) is 31.2. The summed E-state index contributed by atoms with van der Waals surface area (Å²) < 4.78 is 24.3. The number of carboxylic acids is 1. The Morgan fingerprint density at radius 1 is 1.59 bits per heavy atom. The number of carbonyl (C=O) groups is 2. The molecule has 3 N–H and O–H groups in total. The molecule has 2 aliphatic rings. The molecule has 0 aromatic rings. The number of β-lactam (4-membered cyclic amide) rings is 1. The number of fused-ring (bicyclic) bond motifs is 1. The Labute approximate surface area is 98.9 Å². The van der Waals surface area contributed by atoms with Crippen molar-refractivity contribution in [1.82, 2.24) is 4.90 Å². The minimum atomic E-state index is -2.00. The largest absolute Gasteiger partial charge is 0.479 e. The molecule has 1 amide bonds. The number of hydrogen-bond donors (Lipinski definition) is 2. The van der Waals surface area contributed by atoms with Crippen LogP contribution in [0, 0.1) is 0 Å². The number of nitrogens with zero attached hydrogens (tertiary/aromatic N) is 1. The Hall–Kier alpha value is -1.41. The van der Waals surface area contributed by atoms with E-state index in [-0.39, 0.29) is 5.57 Å². The molecule has 8 heteroatoms. The summed E-state index contributed by atoms with van der Waals surface area (Å²) in [4.78, 5) is 23.5. The van der Waals surface area contributed by atoms with Gasteiger partial charge in [0.2, 0.25) is 5.91 Å². The average molecular weight is 262 g/mol. The third kappa shape index (κ3) is 1.83. The quantitative estimate of drug-likeness (QED) is 0.701. The van der Waals surface area contributed by atoms with Gasteiger partial charge in [-0.25, -0.2) is 4.79 Å². The Kier molecular flexibility index (Phi) is 2.92. The van der Waals surface area contributed by atoms with Crippen LogP contribution in [-0.2, 0) is 9.59 Å². The fraction of sp³-hybridized carbons (Fsp3) is 0.333. The zero-order valence-electron chi connectivity index (χ0n) is 8.34. The van der Waals surface area contributed by atoms with E-state index in [1.807, 2.05) is 0 Å². The Morgan fingerprint density at radius 3 is 2.76 bits per heavy atom. The van der Waals surface area contributed by atoms with E-state index in [9.17, 15) is 18.4 Å². The van der Waals surface area contributed by atoms with Crippen molar-refractivity contribution < 1.29 is 23.5 Å². The molecule has 0 bridgehead atoms. The molecule has 0 aromatic carbocycles. The first-order valence-electron chi connectivity index (χ1n) is 4.62. The zero-order valence-corrected chi connectivity index (χ0v) is 9.16. The second-order valence-electron chi connectivity index (χ2n) is 3.59. The second kappa shape index (κ2) is 4.11. The van der Waals surface area contributed by atoms with Crippen LogP contribution in [0.5, 0.6) is 0 Å². The summed E-state index contributed by atoms with van der Waals surface area (Å²) >= 11 is 1.07. The van der Waals surface area contributed by atoms with Gasteiger partial charge >= 0.3 is 5.97 Å². The number of thioether (sulfide) groups is 1. The highest BCUT2D eigenvalue weighted by Crippen LogP contribution is 2.39. The molecule has 1 saturated heterocycles. The molecular formula is C9H8F2N2O3S. The van der Waals surface area contributed by atoms with Crippen LogP contribution in [0.25, 0.3) is 0 Å². The molecule has 0 aliphatic carbocycles. The fourth-order valence-corrected chi connectivity index (χ4v) is 2.94. The van der Waals surface area contributed by atoms with Crippen LogP contribution in [0.4, 0.5) is 8.78 Å². The summed E-state index contributed by atoms with van der Waals surface area (Å²) in [5.74, 6) is -1.88. The number of nitrogens with two attached hydrogens (primary N) is 1. The van der Waals surface area contributed by atoms with Crippen molar-refractivity contribution in [3.8, 4) is 0 Å². The zero-order chi connectivity index (χ0) is 12.7. The summed E-state index contributed by atoms with van der Waals surface area (Å²) in [5.41, 5.74) is 5.38. The van der Waals surface area contributed by atoms with Gasteiger partial charge in [0.25, 0.3) is 6.08 Å². The van der Waals surface area contributed by atoms with E-state index in [0.717, 1.165) is 16.7 Å². The fourth-order valence-electron chi connectivity index (χ4n) is 1.81. The lowest BCUT2D eigenvalue weighted by Gasteiger charge is -2.49. The van der Waals surface area contributed by atoms with Gasteiger partial charge in [-0.15, -0.1) is 11.8 Å². The van der Waals surface area contributed by atoms with Gasteiger partial charge in [-0.05, 0) is 11.0 Å². The van der Waals surface area contributed by atoms with E-state index < -0.39 is 35.4 Å². The molecule has 2 heterocycles. The number of halogens is 2. The Morgan fingerprint density at radius 2 is 2.24 bits per heavy atom. The molecule has 5 nitrogen and oxygen atoms in total. The SMILES string of the molecule is NC1C(=O)N2C(C(=O)O)C(C=C(F)F)=CS[C@@H]12. The molecule has 2 rings (SSSR count). The van der Waals surface area contributed by atoms with Crippen molar-refractivity contribution >= 4 is 23.6 Å². The number of carbonyl (C=O) groups excluding carboxylic acids is 1. The lowest BCUT2D eigenvalue weighted by atomic mass is 9.99. The summed E-state index contributed by atoms with van der Waals surface area (Å²) in [7, 11) is 0. The smallest absolute Gasteiger partial charge is 0.331 e. The topological polar surface area (TPSA) is 83.6 Å². The second-order valence-corrected chi connectivity index (χ2v) is 4.58. The van der Waals surface area contributed by atoms with E-state index in [1.165, 1.54) is 5.41 Å². The monoisotopic (exact) mass is 262 g/mol. The standard InChI is InChI=1S/C9H8F2N2O3S/c10-4(11)1-3-2-17-8-5(12)7(14)13(8)6(3)9(15)16/h1-2,5-6,8H,12H2,(H,15,16)/t5?,6?,8-/m0/s1. The van der Waals surface area contributed by atoms with Crippen LogP contribution in [0.3, 0.4) is 0 Å². The van der Waals surface area contributed by atoms with E-state index in [0.29, 0.717) is 6.08 Å². The number of aliphatic carboxylic acids is 1. The van der Waals surface area contributed by atoms with Gasteiger partial charge in [0.15, 0.2) is 6.04 Å². The van der Waals surface area contributed by atoms with Gasteiger partial charge in [-0.1, -0.05) is 0 Å². The molecule has 92 valence electrons. The van der Waals surface area contributed by atoms with Crippen LogP contribution in [0.1, 0.15) is 0 Å². The predicted octanol–water partition coefficient (Wildman–Crippen LogP) is 0.346. The van der Waals surface area contributed by atoms with Crippen molar-refractivity contribution in [3.05, 3.63) is 23.1 Å². The van der Waals surface area contributed by atoms with Crippen molar-refractivity contribution in [2.75, 3.05) is 0 Å². The van der Waals surface area contributed by atoms with Crippen LogP contribution >= 0.6 is 11.8 Å². The molecule has 2 aliphatic heterocycles. The van der Waals surface area contributed by atoms with E-state index in [4.69, 9.17) is 10.8 Å². The van der Waals surface area contributed by atoms with Crippen molar-refractivity contribution in [1.29, 1.82) is 0 Å². The minimum absolute atomic E-state index is 0.112. The molecule has 0 radical (unpaired) electrons. The summed E-state index contributed by atoms with van der Waals surface area (Å²) in [5, 5.41) is 9.82. The molecule has 2 unspecified atom stereocenters. The van der Waals surface area contributed by atoms with Crippen LogP contribution in [0.2, 0.25) is 0 Å². The van der Waals surface area contributed by atoms with Crippen molar-refractivity contribution in [2.24, 2.45) is 5.73 Å². The summed E-state index contributed by atoms with van der Waals surface area (Å²) in [6.07, 6.45) is -1.54. The van der Waals surface area contributed by atoms with Crippen LogP contribution < -0.4 is 5.73 Å². The number of carboxylic acid groups (broad SMARTS) is 1. The first-order chi connectivity index (χ1) is 7.93. The van der Waals surface area contributed by atoms with E-state index >= 15 is 0 Å². The van der Waals surface area contributed by atoms with Gasteiger partial charge in [0, 0.05) is 6.08 Å². The van der Waals surface area contributed by atoms with Gasteiger partial charge in [-0.2, -0.15) is 8.78 Å². The lowest BCUT2D eigenvalue weighted by Crippen LogP contribution is -2.72. The number of hydrogen-bond acceptors (Lipinski definition) is 4. The first-order valence-corrected chi connectivity index (χ1v) is 5.56. The maximum Gasteiger partial charge on any atom is 0.331 e. The third-order valence-electron chi connectivity index (χ3n) is 2.57. The van der Waals surface area contributed by atoms with Crippen molar-refractivity contribution in [2.45, 2.75) is 17.5 Å². The minimum Gasteiger partial charge on any atom is -0.479 e. The summed E-state index contributed by atoms with van der Waals surface area (Å²) in [6, 6.07) is -2.14. The maximum atomic E-state index is 12.2. The highest BCUT2D eigenvalue weighted by Gasteiger charge is 2.53. The number of amides is 1. The Balaban J connectivity index is 2.35. The first kappa shape index (κ1) is 12.1. The van der Waals surface area contributed by atoms with Crippen LogP contribution in [0.15, 0.2) is 23.1 Å². The number of rotatable bonds is 2. The van der Waals surface area contributed by atoms with Gasteiger partial charge in [0.1, 0.15) is 11.4 Å². The highest BCUT2D eigenvalue weighted by molar-refractivity contribution is 8.03. The van der Waals surface area contributed by atoms with Crippen molar-refractivity contribution in [3.63, 3.8) is 0 Å². The summed E-state index contributed by atoms with van der Waals surface area (Å²) in [6.45, 7) is 0.